The molecule has 12 aromatic rings. The van der Waals surface area contributed by atoms with Gasteiger partial charge in [0.2, 0.25) is 0 Å². The van der Waals surface area contributed by atoms with Crippen LogP contribution in [0.2, 0.25) is 0 Å². The molecule has 2 aliphatic rings. The molecule has 2 aromatic heterocycles. The summed E-state index contributed by atoms with van der Waals surface area (Å²) in [6.45, 7) is 9.57. The van der Waals surface area contributed by atoms with Gasteiger partial charge in [-0.1, -0.05) is 155 Å². The van der Waals surface area contributed by atoms with Crippen molar-refractivity contribution in [1.29, 1.82) is 0 Å². The van der Waals surface area contributed by atoms with Crippen molar-refractivity contribution in [2.75, 3.05) is 4.90 Å². The van der Waals surface area contributed by atoms with E-state index in [-0.39, 0.29) is 10.8 Å². The second-order valence-electron chi connectivity index (χ2n) is 20.2. The molecule has 0 atom stereocenters. The SMILES string of the molecule is CC1(C)c2ccccc2-c2ccc(N(c3ccc4c(c3)C(C)(C)c3cc(-c5ccc6c(c5)c5ccccc5n6-c5ccccc5)ccc3-4)c3ccc4c(c3)c3ccccc3n4-c3ccccc3)cc21. The van der Waals surface area contributed by atoms with Gasteiger partial charge in [0.15, 0.2) is 0 Å². The molecule has 14 rings (SSSR count). The average molecular weight is 884 g/mol. The molecular weight excluding hydrogens is 835 g/mol. The Kier molecular flexibility index (Phi) is 8.38. The summed E-state index contributed by atoms with van der Waals surface area (Å²) in [5, 5.41) is 5.00. The van der Waals surface area contributed by atoms with Crippen molar-refractivity contribution < 1.29 is 0 Å². The highest BCUT2D eigenvalue weighted by Gasteiger charge is 2.38. The van der Waals surface area contributed by atoms with Crippen molar-refractivity contribution in [1.82, 2.24) is 9.13 Å². The van der Waals surface area contributed by atoms with Gasteiger partial charge in [0.05, 0.1) is 22.1 Å². The molecule has 0 unspecified atom stereocenters. The number of para-hydroxylation sites is 4. The maximum absolute atomic E-state index is 2.50. The van der Waals surface area contributed by atoms with E-state index in [4.69, 9.17) is 0 Å². The van der Waals surface area contributed by atoms with Crippen LogP contribution in [0.25, 0.3) is 88.4 Å². The highest BCUT2D eigenvalue weighted by atomic mass is 15.1. The summed E-state index contributed by atoms with van der Waals surface area (Å²) in [5.41, 5.74) is 23.4. The van der Waals surface area contributed by atoms with E-state index in [1.807, 2.05) is 0 Å². The lowest BCUT2D eigenvalue weighted by molar-refractivity contribution is 0.660. The number of anilines is 3. The largest absolute Gasteiger partial charge is 0.310 e. The van der Waals surface area contributed by atoms with E-state index in [0.29, 0.717) is 0 Å². The van der Waals surface area contributed by atoms with Gasteiger partial charge in [-0.3, -0.25) is 0 Å². The molecular formula is C66H49N3. The molecule has 3 nitrogen and oxygen atoms in total. The van der Waals surface area contributed by atoms with E-state index < -0.39 is 0 Å². The van der Waals surface area contributed by atoms with Crippen LogP contribution in [0.5, 0.6) is 0 Å². The molecule has 2 heterocycles. The molecule has 0 N–H and O–H groups in total. The monoisotopic (exact) mass is 883 g/mol. The molecule has 0 amide bonds. The Labute approximate surface area is 402 Å². The molecule has 0 aliphatic heterocycles. The smallest absolute Gasteiger partial charge is 0.0542 e. The van der Waals surface area contributed by atoms with Gasteiger partial charge in [0, 0.05) is 60.8 Å². The Morgan fingerprint density at radius 3 is 1.29 bits per heavy atom. The second kappa shape index (κ2) is 14.6. The zero-order valence-corrected chi connectivity index (χ0v) is 39.2. The number of hydrogen-bond donors (Lipinski definition) is 0. The molecule has 0 radical (unpaired) electrons. The van der Waals surface area contributed by atoms with Crippen molar-refractivity contribution in [3.63, 3.8) is 0 Å². The molecule has 3 heteroatoms. The summed E-state index contributed by atoms with van der Waals surface area (Å²) in [7, 11) is 0. The van der Waals surface area contributed by atoms with Gasteiger partial charge in [-0.2, -0.15) is 0 Å². The normalized spacial score (nSPS) is 14.0. The second-order valence-corrected chi connectivity index (χ2v) is 20.2. The minimum absolute atomic E-state index is 0.135. The minimum atomic E-state index is -0.246. The van der Waals surface area contributed by atoms with Gasteiger partial charge in [0.25, 0.3) is 0 Å². The van der Waals surface area contributed by atoms with Crippen LogP contribution in [0.1, 0.15) is 49.9 Å². The fourth-order valence-corrected chi connectivity index (χ4v) is 12.3. The van der Waals surface area contributed by atoms with Gasteiger partial charge in [-0.25, -0.2) is 0 Å². The fourth-order valence-electron chi connectivity index (χ4n) is 12.3. The third kappa shape index (κ3) is 5.74. The van der Waals surface area contributed by atoms with Crippen molar-refractivity contribution in [3.8, 4) is 44.8 Å². The molecule has 2 aliphatic carbocycles. The maximum atomic E-state index is 2.50. The maximum Gasteiger partial charge on any atom is 0.0542 e. The first kappa shape index (κ1) is 39.7. The van der Waals surface area contributed by atoms with Crippen LogP contribution in [0.15, 0.2) is 224 Å². The quantitative estimate of drug-likeness (QED) is 0.162. The zero-order chi connectivity index (χ0) is 46.2. The van der Waals surface area contributed by atoms with Crippen LogP contribution in [-0.4, -0.2) is 9.13 Å². The summed E-state index contributed by atoms with van der Waals surface area (Å²) in [5.74, 6) is 0. The summed E-state index contributed by atoms with van der Waals surface area (Å²) in [6, 6.07) is 83.6. The molecule has 10 aromatic carbocycles. The van der Waals surface area contributed by atoms with Crippen molar-refractivity contribution in [2.24, 2.45) is 0 Å². The zero-order valence-electron chi connectivity index (χ0n) is 39.2. The lowest BCUT2D eigenvalue weighted by Gasteiger charge is -2.30. The van der Waals surface area contributed by atoms with Crippen LogP contribution < -0.4 is 4.90 Å². The van der Waals surface area contributed by atoms with Gasteiger partial charge in [-0.15, -0.1) is 0 Å². The van der Waals surface area contributed by atoms with E-state index in [9.17, 15) is 0 Å². The van der Waals surface area contributed by atoms with Gasteiger partial charge in [-0.05, 0) is 153 Å². The van der Waals surface area contributed by atoms with Crippen molar-refractivity contribution >= 4 is 60.7 Å². The van der Waals surface area contributed by atoms with Gasteiger partial charge >= 0.3 is 0 Å². The van der Waals surface area contributed by atoms with E-state index in [1.54, 1.807) is 0 Å². The predicted octanol–water partition coefficient (Wildman–Crippen LogP) is 17.6. The topological polar surface area (TPSA) is 13.1 Å². The number of hydrogen-bond acceptors (Lipinski definition) is 1. The Morgan fingerprint density at radius 2 is 0.681 bits per heavy atom. The Morgan fingerprint density at radius 1 is 0.290 bits per heavy atom. The van der Waals surface area contributed by atoms with Gasteiger partial charge < -0.3 is 14.0 Å². The Bertz CT molecular complexity index is 4070. The number of rotatable bonds is 6. The van der Waals surface area contributed by atoms with Crippen molar-refractivity contribution in [3.05, 3.63) is 247 Å². The molecule has 0 bridgehead atoms. The van der Waals surface area contributed by atoms with E-state index in [1.165, 1.54) is 105 Å². The molecule has 0 spiro atoms. The van der Waals surface area contributed by atoms with Crippen LogP contribution in [0, 0.1) is 0 Å². The highest BCUT2D eigenvalue weighted by Crippen LogP contribution is 2.54. The number of benzene rings is 10. The van der Waals surface area contributed by atoms with E-state index in [2.05, 4.69) is 266 Å². The number of fused-ring (bicyclic) bond motifs is 12. The van der Waals surface area contributed by atoms with Crippen LogP contribution >= 0.6 is 0 Å². The van der Waals surface area contributed by atoms with Crippen LogP contribution in [0.4, 0.5) is 17.1 Å². The molecule has 0 fully saturated rings. The summed E-state index contributed by atoms with van der Waals surface area (Å²) in [6.07, 6.45) is 0. The predicted molar refractivity (Wildman–Crippen MR) is 290 cm³/mol. The summed E-state index contributed by atoms with van der Waals surface area (Å²) >= 11 is 0. The Balaban J connectivity index is 0.910. The first-order valence-electron chi connectivity index (χ1n) is 24.3. The number of nitrogens with zero attached hydrogens (tertiary/aromatic N) is 3. The third-order valence-corrected chi connectivity index (χ3v) is 15.7. The van der Waals surface area contributed by atoms with E-state index >= 15 is 0 Å². The van der Waals surface area contributed by atoms with Crippen LogP contribution in [0.3, 0.4) is 0 Å². The van der Waals surface area contributed by atoms with Crippen LogP contribution in [-0.2, 0) is 10.8 Å². The van der Waals surface area contributed by atoms with E-state index in [0.717, 1.165) is 22.7 Å². The number of aromatic nitrogens is 2. The standard InChI is InChI=1S/C66H49N3/c1-65(2)57-24-14-11-21-49(57)51-33-29-47(40-59(51)65)67(46-31-36-64-56(39-46)54-23-13-16-26-62(54)69(64)45-19-9-6-10-20-45)48-30-34-52-50-32-27-43(38-58(50)66(3,4)60(52)41-48)42-28-35-63-55(37-42)53-22-12-15-25-61(53)68(63)44-17-7-5-8-18-44/h5-41H,1-4H3. The van der Waals surface area contributed by atoms with Gasteiger partial charge in [0.1, 0.15) is 0 Å². The summed E-state index contributed by atoms with van der Waals surface area (Å²) in [4.78, 5) is 2.50. The molecule has 328 valence electrons. The van der Waals surface area contributed by atoms with Crippen molar-refractivity contribution in [2.45, 2.75) is 38.5 Å². The third-order valence-electron chi connectivity index (χ3n) is 15.7. The minimum Gasteiger partial charge on any atom is -0.310 e. The lowest BCUT2D eigenvalue weighted by Crippen LogP contribution is -2.18. The summed E-state index contributed by atoms with van der Waals surface area (Å²) < 4.78 is 4.79. The Hall–Kier alpha value is -8.40. The molecule has 0 saturated carbocycles. The first-order chi connectivity index (χ1) is 33.7. The fraction of sp³-hybridized carbons (Fsp3) is 0.0909. The molecule has 69 heavy (non-hydrogen) atoms. The first-order valence-corrected chi connectivity index (χ1v) is 24.3. The average Bonchev–Trinajstić information content (AvgIpc) is 4.05. The lowest BCUT2D eigenvalue weighted by atomic mass is 9.81. The highest BCUT2D eigenvalue weighted by molar-refractivity contribution is 6.12. The molecule has 0 saturated heterocycles.